The lowest BCUT2D eigenvalue weighted by Crippen LogP contribution is -2.33. The Morgan fingerprint density at radius 3 is 2.53 bits per heavy atom. The molecule has 0 saturated carbocycles. The Morgan fingerprint density at radius 1 is 1.17 bits per heavy atom. The summed E-state index contributed by atoms with van der Waals surface area (Å²) >= 11 is 0. The average molecular weight is 423 g/mol. The predicted molar refractivity (Wildman–Crippen MR) is 104 cm³/mol. The van der Waals surface area contributed by atoms with Gasteiger partial charge in [0.05, 0.1) is 39.2 Å². The van der Waals surface area contributed by atoms with Gasteiger partial charge in [-0.2, -0.15) is 0 Å². The van der Waals surface area contributed by atoms with Crippen molar-refractivity contribution < 1.29 is 28.7 Å². The Kier molecular flexibility index (Phi) is 9.55. The van der Waals surface area contributed by atoms with Crippen molar-refractivity contribution in [1.29, 1.82) is 0 Å². The molecule has 2 rings (SSSR count). The Hall–Kier alpha value is -2.66. The first kappa shape index (κ1) is 23.6. The molecule has 1 aromatic rings. The zero-order valence-corrected chi connectivity index (χ0v) is 17.5. The van der Waals surface area contributed by atoms with Crippen molar-refractivity contribution in [3.05, 3.63) is 11.9 Å². The molecule has 1 aliphatic heterocycles. The molecule has 11 nitrogen and oxygen atoms in total. The molecular formula is C19H29N5O6. The zero-order valence-electron chi connectivity index (χ0n) is 17.5. The summed E-state index contributed by atoms with van der Waals surface area (Å²) in [4.78, 5) is 47.6. The van der Waals surface area contributed by atoms with Gasteiger partial charge in [0, 0.05) is 38.8 Å². The van der Waals surface area contributed by atoms with Crippen LogP contribution in [0.25, 0.3) is 0 Å². The van der Waals surface area contributed by atoms with Gasteiger partial charge in [0.2, 0.25) is 17.7 Å². The van der Waals surface area contributed by atoms with Gasteiger partial charge in [-0.1, -0.05) is 12.1 Å². The molecule has 1 unspecified atom stereocenters. The van der Waals surface area contributed by atoms with Gasteiger partial charge in [-0.3, -0.25) is 24.1 Å². The molecule has 30 heavy (non-hydrogen) atoms. The molecule has 0 radical (unpaired) electrons. The molecule has 0 aromatic carbocycles. The number of carbonyl (C=O) groups excluding carboxylic acids is 4. The summed E-state index contributed by atoms with van der Waals surface area (Å²) in [5.41, 5.74) is 0.327. The quantitative estimate of drug-likeness (QED) is 0.247. The minimum Gasteiger partial charge on any atom is -0.377 e. The van der Waals surface area contributed by atoms with E-state index in [4.69, 9.17) is 9.47 Å². The Morgan fingerprint density at radius 2 is 1.90 bits per heavy atom. The lowest BCUT2D eigenvalue weighted by molar-refractivity contribution is -0.139. The molecule has 1 saturated heterocycles. The second-order valence-electron chi connectivity index (χ2n) is 7.09. The van der Waals surface area contributed by atoms with Crippen molar-refractivity contribution in [2.75, 3.05) is 39.5 Å². The molecule has 0 aliphatic carbocycles. The standard InChI is InChI=1S/C19H29N5O6/c1-14-12-18(27)24(19(14)28)6-3-4-17(26)20-5-8-29-10-11-30-9-7-23-13-16(15(2)25)21-22-23/h13-14H,3-12H2,1-2H3,(H,20,26). The average Bonchev–Trinajstić information content (AvgIpc) is 3.27. The third-order valence-electron chi connectivity index (χ3n) is 4.56. The Bertz CT molecular complexity index is 750. The Labute approximate surface area is 175 Å². The first-order chi connectivity index (χ1) is 14.4. The summed E-state index contributed by atoms with van der Waals surface area (Å²) < 4.78 is 12.3. The lowest BCUT2D eigenvalue weighted by Gasteiger charge is -2.13. The molecule has 0 spiro atoms. The highest BCUT2D eigenvalue weighted by Gasteiger charge is 2.34. The normalized spacial score (nSPS) is 16.3. The number of amides is 3. The van der Waals surface area contributed by atoms with Crippen molar-refractivity contribution in [2.45, 2.75) is 39.7 Å². The van der Waals surface area contributed by atoms with Crippen molar-refractivity contribution in [2.24, 2.45) is 5.92 Å². The van der Waals surface area contributed by atoms with Crippen LogP contribution in [-0.4, -0.2) is 82.9 Å². The van der Waals surface area contributed by atoms with Crippen LogP contribution >= 0.6 is 0 Å². The van der Waals surface area contributed by atoms with Gasteiger partial charge in [0.15, 0.2) is 5.78 Å². The molecular weight excluding hydrogens is 394 g/mol. The molecule has 1 atom stereocenters. The highest BCUT2D eigenvalue weighted by molar-refractivity contribution is 6.03. The van der Waals surface area contributed by atoms with Gasteiger partial charge in [0.1, 0.15) is 5.69 Å². The van der Waals surface area contributed by atoms with Crippen LogP contribution in [0, 0.1) is 5.92 Å². The molecule has 3 amide bonds. The number of nitrogens with zero attached hydrogens (tertiary/aromatic N) is 4. The topological polar surface area (TPSA) is 133 Å². The van der Waals surface area contributed by atoms with E-state index >= 15 is 0 Å². The van der Waals surface area contributed by atoms with Crippen molar-refractivity contribution in [3.8, 4) is 0 Å². The van der Waals surface area contributed by atoms with Crippen molar-refractivity contribution in [1.82, 2.24) is 25.2 Å². The van der Waals surface area contributed by atoms with Crippen LogP contribution in [-0.2, 0) is 30.4 Å². The zero-order chi connectivity index (χ0) is 21.9. The second-order valence-corrected chi connectivity index (χ2v) is 7.09. The largest absolute Gasteiger partial charge is 0.377 e. The number of hydrogen-bond acceptors (Lipinski definition) is 8. The van der Waals surface area contributed by atoms with Crippen LogP contribution in [0.4, 0.5) is 0 Å². The fourth-order valence-corrected chi connectivity index (χ4v) is 2.88. The molecule has 1 N–H and O–H groups in total. The first-order valence-corrected chi connectivity index (χ1v) is 10.1. The summed E-state index contributed by atoms with van der Waals surface area (Å²) in [6.07, 6.45) is 2.53. The van der Waals surface area contributed by atoms with Crippen LogP contribution in [0.15, 0.2) is 6.20 Å². The lowest BCUT2D eigenvalue weighted by atomic mass is 10.1. The van der Waals surface area contributed by atoms with Gasteiger partial charge in [0.25, 0.3) is 0 Å². The minimum atomic E-state index is -0.255. The summed E-state index contributed by atoms with van der Waals surface area (Å²) in [5, 5.41) is 10.3. The van der Waals surface area contributed by atoms with Gasteiger partial charge >= 0.3 is 0 Å². The number of ketones is 1. The summed E-state index contributed by atoms with van der Waals surface area (Å²) in [6.45, 7) is 5.90. The first-order valence-electron chi connectivity index (χ1n) is 10.1. The summed E-state index contributed by atoms with van der Waals surface area (Å²) in [7, 11) is 0. The monoisotopic (exact) mass is 423 g/mol. The predicted octanol–water partition coefficient (Wildman–Crippen LogP) is -0.195. The third-order valence-corrected chi connectivity index (χ3v) is 4.56. The Balaban J connectivity index is 1.41. The number of aromatic nitrogens is 3. The van der Waals surface area contributed by atoms with E-state index in [-0.39, 0.29) is 48.8 Å². The van der Waals surface area contributed by atoms with E-state index in [0.29, 0.717) is 51.6 Å². The molecule has 0 bridgehead atoms. The number of likely N-dealkylation sites (tertiary alicyclic amines) is 1. The fourth-order valence-electron chi connectivity index (χ4n) is 2.88. The SMILES string of the molecule is CC(=O)c1cn(CCOCCOCCNC(=O)CCCN2C(=O)CC(C)C2=O)nn1. The molecule has 1 aliphatic rings. The summed E-state index contributed by atoms with van der Waals surface area (Å²) in [6, 6.07) is 0. The van der Waals surface area contributed by atoms with E-state index in [9.17, 15) is 19.2 Å². The number of carbonyl (C=O) groups is 4. The maximum Gasteiger partial charge on any atom is 0.232 e. The van der Waals surface area contributed by atoms with E-state index in [0.717, 1.165) is 0 Å². The molecule has 166 valence electrons. The van der Waals surface area contributed by atoms with Crippen molar-refractivity contribution >= 4 is 23.5 Å². The number of rotatable bonds is 14. The second kappa shape index (κ2) is 12.1. The minimum absolute atomic E-state index is 0.130. The maximum absolute atomic E-state index is 11.8. The number of Topliss-reactive ketones (excluding diaryl/α,β-unsaturated/α-hetero) is 1. The molecule has 1 fully saturated rings. The van der Waals surface area contributed by atoms with Crippen LogP contribution in [0.5, 0.6) is 0 Å². The number of hydrogen-bond donors (Lipinski definition) is 1. The van der Waals surface area contributed by atoms with E-state index in [1.165, 1.54) is 11.8 Å². The molecule has 2 heterocycles. The van der Waals surface area contributed by atoms with Gasteiger partial charge in [-0.25, -0.2) is 4.68 Å². The van der Waals surface area contributed by atoms with Crippen LogP contribution < -0.4 is 5.32 Å². The number of ether oxygens (including phenoxy) is 2. The molecule has 11 heteroatoms. The fraction of sp³-hybridized carbons (Fsp3) is 0.684. The van der Waals surface area contributed by atoms with Gasteiger partial charge < -0.3 is 14.8 Å². The summed E-state index contributed by atoms with van der Waals surface area (Å²) in [5.74, 6) is -0.841. The van der Waals surface area contributed by atoms with Crippen molar-refractivity contribution in [3.63, 3.8) is 0 Å². The van der Waals surface area contributed by atoms with Gasteiger partial charge in [-0.05, 0) is 6.42 Å². The van der Waals surface area contributed by atoms with Crippen LogP contribution in [0.2, 0.25) is 0 Å². The van der Waals surface area contributed by atoms with Crippen LogP contribution in [0.1, 0.15) is 43.6 Å². The van der Waals surface area contributed by atoms with E-state index in [1.807, 2.05) is 0 Å². The number of imide groups is 1. The highest BCUT2D eigenvalue weighted by atomic mass is 16.5. The molecule has 1 aromatic heterocycles. The van der Waals surface area contributed by atoms with Crippen LogP contribution in [0.3, 0.4) is 0 Å². The number of nitrogens with one attached hydrogen (secondary N) is 1. The van der Waals surface area contributed by atoms with E-state index in [1.54, 1.807) is 17.8 Å². The van der Waals surface area contributed by atoms with E-state index < -0.39 is 0 Å². The highest BCUT2D eigenvalue weighted by Crippen LogP contribution is 2.18. The smallest absolute Gasteiger partial charge is 0.232 e. The third kappa shape index (κ3) is 7.64. The van der Waals surface area contributed by atoms with Gasteiger partial charge in [-0.15, -0.1) is 5.10 Å². The van der Waals surface area contributed by atoms with E-state index in [2.05, 4.69) is 15.6 Å². The maximum atomic E-state index is 11.8.